The van der Waals surface area contributed by atoms with E-state index in [0.717, 1.165) is 17.4 Å². The summed E-state index contributed by atoms with van der Waals surface area (Å²) in [7, 11) is 1.58. The normalized spacial score (nSPS) is 10.5. The zero-order valence-corrected chi connectivity index (χ0v) is 13.9. The van der Waals surface area contributed by atoms with Gasteiger partial charge in [-0.3, -0.25) is 0 Å². The van der Waals surface area contributed by atoms with E-state index in [0.29, 0.717) is 11.5 Å². The fourth-order valence-electron chi connectivity index (χ4n) is 2.18. The van der Waals surface area contributed by atoms with Gasteiger partial charge in [0.25, 0.3) is 0 Å². The van der Waals surface area contributed by atoms with Gasteiger partial charge in [0.15, 0.2) is 5.76 Å². The first kappa shape index (κ1) is 17.0. The third-order valence-corrected chi connectivity index (χ3v) is 3.77. The van der Waals surface area contributed by atoms with Gasteiger partial charge >= 0.3 is 5.97 Å². The van der Waals surface area contributed by atoms with Gasteiger partial charge in [-0.15, -0.1) is 0 Å². The maximum absolute atomic E-state index is 13.7. The van der Waals surface area contributed by atoms with E-state index >= 15 is 0 Å². The van der Waals surface area contributed by atoms with Gasteiger partial charge in [0.1, 0.15) is 29.4 Å². The zero-order valence-electron chi connectivity index (χ0n) is 13.2. The number of hydrogen-bond donors (Lipinski definition) is 0. The summed E-state index contributed by atoms with van der Waals surface area (Å²) in [6.45, 7) is -0.164. The van der Waals surface area contributed by atoms with Crippen LogP contribution in [0.3, 0.4) is 0 Å². The van der Waals surface area contributed by atoms with Crippen LogP contribution < -0.4 is 4.74 Å². The molecule has 0 amide bonds. The molecule has 7 heteroatoms. The lowest BCUT2D eigenvalue weighted by Gasteiger charge is -2.05. The Bertz CT molecular complexity index is 872. The second-order valence-corrected chi connectivity index (χ2v) is 5.49. The van der Waals surface area contributed by atoms with Crippen LogP contribution in [0.5, 0.6) is 5.75 Å². The predicted molar refractivity (Wildman–Crippen MR) is 89.0 cm³/mol. The number of esters is 1. The minimum atomic E-state index is -0.864. The molecule has 0 radical (unpaired) electrons. The van der Waals surface area contributed by atoms with Crippen molar-refractivity contribution in [2.45, 2.75) is 6.61 Å². The molecule has 0 aliphatic heterocycles. The van der Waals surface area contributed by atoms with Gasteiger partial charge in [-0.25, -0.2) is 9.18 Å². The van der Waals surface area contributed by atoms with Gasteiger partial charge < -0.3 is 14.0 Å². The number of methoxy groups -OCH3 is 1. The molecule has 0 aliphatic rings. The van der Waals surface area contributed by atoms with E-state index in [1.54, 1.807) is 25.3 Å². The number of benzene rings is 2. The lowest BCUT2D eigenvalue weighted by atomic mass is 10.1. The van der Waals surface area contributed by atoms with Crippen molar-refractivity contribution in [3.05, 3.63) is 70.6 Å². The fourth-order valence-corrected chi connectivity index (χ4v) is 2.42. The van der Waals surface area contributed by atoms with Crippen LogP contribution in [0.15, 0.2) is 53.1 Å². The van der Waals surface area contributed by atoms with Crippen molar-refractivity contribution in [1.29, 1.82) is 0 Å². The van der Waals surface area contributed by atoms with Crippen LogP contribution in [0.1, 0.15) is 16.1 Å². The van der Waals surface area contributed by atoms with Crippen molar-refractivity contribution < 1.29 is 23.2 Å². The highest BCUT2D eigenvalue weighted by atomic mass is 35.5. The molecule has 0 fully saturated rings. The van der Waals surface area contributed by atoms with E-state index in [4.69, 9.17) is 25.6 Å². The van der Waals surface area contributed by atoms with Gasteiger partial charge in [-0.05, 0) is 36.4 Å². The smallest absolute Gasteiger partial charge is 0.343 e. The second-order valence-electron chi connectivity index (χ2n) is 5.08. The van der Waals surface area contributed by atoms with Gasteiger partial charge in [-0.1, -0.05) is 22.8 Å². The molecule has 1 heterocycles. The number of aromatic nitrogens is 1. The Morgan fingerprint density at radius 1 is 1.24 bits per heavy atom. The Morgan fingerprint density at radius 2 is 2.00 bits per heavy atom. The lowest BCUT2D eigenvalue weighted by Crippen LogP contribution is -2.08. The first-order chi connectivity index (χ1) is 12.1. The number of carbonyl (C=O) groups is 1. The third kappa shape index (κ3) is 3.80. The SMILES string of the molecule is COc1ccc(-c2cc(COC(=O)c3c(F)cccc3Cl)no2)cc1. The molecule has 3 rings (SSSR count). The van der Waals surface area contributed by atoms with Crippen LogP contribution in [0.25, 0.3) is 11.3 Å². The average Bonchev–Trinajstić information content (AvgIpc) is 3.09. The van der Waals surface area contributed by atoms with Gasteiger partial charge in [-0.2, -0.15) is 0 Å². The summed E-state index contributed by atoms with van der Waals surface area (Å²) < 4.78 is 29.1. The molecule has 25 heavy (non-hydrogen) atoms. The molecule has 5 nitrogen and oxygen atoms in total. The molecule has 0 bridgehead atoms. The Balaban J connectivity index is 1.68. The van der Waals surface area contributed by atoms with Crippen LogP contribution in [0.2, 0.25) is 5.02 Å². The van der Waals surface area contributed by atoms with E-state index in [-0.39, 0.29) is 17.2 Å². The topological polar surface area (TPSA) is 61.6 Å². The highest BCUT2D eigenvalue weighted by Crippen LogP contribution is 2.24. The minimum Gasteiger partial charge on any atom is -0.497 e. The molecule has 2 aromatic carbocycles. The highest BCUT2D eigenvalue weighted by Gasteiger charge is 2.18. The standard InChI is InChI=1S/C18H13ClFNO4/c1-23-13-7-5-11(6-8-13)16-9-12(21-25-16)10-24-18(22)17-14(19)3-2-4-15(17)20/h2-9H,10H2,1H3. The summed E-state index contributed by atoms with van der Waals surface area (Å²) >= 11 is 5.83. The zero-order chi connectivity index (χ0) is 17.8. The number of ether oxygens (including phenoxy) is 2. The van der Waals surface area contributed by atoms with Gasteiger partial charge in [0.2, 0.25) is 0 Å². The molecule has 1 aromatic heterocycles. The van der Waals surface area contributed by atoms with Crippen molar-refractivity contribution in [2.24, 2.45) is 0 Å². The molecule has 0 aliphatic carbocycles. The van der Waals surface area contributed by atoms with Gasteiger partial charge in [0, 0.05) is 11.6 Å². The summed E-state index contributed by atoms with van der Waals surface area (Å²) in [6.07, 6.45) is 0. The van der Waals surface area contributed by atoms with Crippen molar-refractivity contribution in [2.75, 3.05) is 7.11 Å². The molecular weight excluding hydrogens is 349 g/mol. The van der Waals surface area contributed by atoms with E-state index < -0.39 is 11.8 Å². The predicted octanol–water partition coefficient (Wildman–Crippen LogP) is 4.50. The summed E-state index contributed by atoms with van der Waals surface area (Å²) in [5.41, 5.74) is 0.887. The van der Waals surface area contributed by atoms with Crippen molar-refractivity contribution in [1.82, 2.24) is 5.16 Å². The number of carbonyl (C=O) groups excluding carboxylic acids is 1. The van der Waals surface area contributed by atoms with E-state index in [9.17, 15) is 9.18 Å². The first-order valence-corrected chi connectivity index (χ1v) is 7.67. The molecule has 0 unspecified atom stereocenters. The number of hydrogen-bond acceptors (Lipinski definition) is 5. The number of rotatable bonds is 5. The van der Waals surface area contributed by atoms with E-state index in [1.807, 2.05) is 12.1 Å². The Kier molecular flexibility index (Phi) is 5.00. The quantitative estimate of drug-likeness (QED) is 0.626. The molecule has 3 aromatic rings. The lowest BCUT2D eigenvalue weighted by molar-refractivity contribution is 0.0459. The maximum atomic E-state index is 13.7. The number of nitrogens with zero attached hydrogens (tertiary/aromatic N) is 1. The van der Waals surface area contributed by atoms with E-state index in [2.05, 4.69) is 5.16 Å². The Hall–Kier alpha value is -2.86. The monoisotopic (exact) mass is 361 g/mol. The molecule has 0 spiro atoms. The summed E-state index contributed by atoms with van der Waals surface area (Å²) in [5, 5.41) is 3.83. The molecule has 0 saturated heterocycles. The van der Waals surface area contributed by atoms with Crippen molar-refractivity contribution in [3.63, 3.8) is 0 Å². The Labute approximate surface area is 147 Å². The molecule has 0 atom stereocenters. The fraction of sp³-hybridized carbons (Fsp3) is 0.111. The molecule has 128 valence electrons. The number of halogens is 2. The average molecular weight is 362 g/mol. The Morgan fingerprint density at radius 3 is 2.68 bits per heavy atom. The molecular formula is C18H13ClFNO4. The second kappa shape index (κ2) is 7.36. The minimum absolute atomic E-state index is 0.0101. The molecule has 0 saturated carbocycles. The van der Waals surface area contributed by atoms with Crippen molar-refractivity contribution >= 4 is 17.6 Å². The third-order valence-electron chi connectivity index (χ3n) is 3.45. The van der Waals surface area contributed by atoms with Crippen LogP contribution in [-0.2, 0) is 11.3 Å². The summed E-state index contributed by atoms with van der Waals surface area (Å²) in [6, 6.07) is 12.8. The summed E-state index contributed by atoms with van der Waals surface area (Å²) in [5.74, 6) is -0.370. The molecule has 0 N–H and O–H groups in total. The first-order valence-electron chi connectivity index (χ1n) is 7.29. The van der Waals surface area contributed by atoms with Gasteiger partial charge in [0.05, 0.1) is 12.1 Å². The highest BCUT2D eigenvalue weighted by molar-refractivity contribution is 6.33. The largest absolute Gasteiger partial charge is 0.497 e. The van der Waals surface area contributed by atoms with Crippen LogP contribution in [0.4, 0.5) is 4.39 Å². The maximum Gasteiger partial charge on any atom is 0.343 e. The van der Waals surface area contributed by atoms with Crippen molar-refractivity contribution in [3.8, 4) is 17.1 Å². The summed E-state index contributed by atoms with van der Waals surface area (Å²) in [4.78, 5) is 12.0. The van der Waals surface area contributed by atoms with Crippen LogP contribution in [-0.4, -0.2) is 18.2 Å². The van der Waals surface area contributed by atoms with E-state index in [1.165, 1.54) is 12.1 Å². The van der Waals surface area contributed by atoms with Crippen LogP contribution in [0, 0.1) is 5.82 Å². The van der Waals surface area contributed by atoms with Crippen LogP contribution >= 0.6 is 11.6 Å².